The zero-order valence-electron chi connectivity index (χ0n) is 13.7. The first-order valence-electron chi connectivity index (χ1n) is 7.95. The topological polar surface area (TPSA) is 87.8 Å². The number of benzene rings is 2. The van der Waals surface area contributed by atoms with Crippen molar-refractivity contribution in [2.24, 2.45) is 5.73 Å². The Morgan fingerprint density at radius 3 is 2.60 bits per heavy atom. The van der Waals surface area contributed by atoms with Crippen molar-refractivity contribution in [3.8, 4) is 11.5 Å². The maximum Gasteiger partial charge on any atom is 0.231 e. The summed E-state index contributed by atoms with van der Waals surface area (Å²) in [5.41, 5.74) is 6.31. The van der Waals surface area contributed by atoms with Gasteiger partial charge in [-0.1, -0.05) is 24.3 Å². The van der Waals surface area contributed by atoms with Crippen LogP contribution in [-0.2, 0) is 14.6 Å². The largest absolute Gasteiger partial charge is 0.454 e. The summed E-state index contributed by atoms with van der Waals surface area (Å²) < 4.78 is 42.2. The third kappa shape index (κ3) is 2.50. The lowest BCUT2D eigenvalue weighted by Crippen LogP contribution is -2.35. The van der Waals surface area contributed by atoms with E-state index < -0.39 is 20.6 Å². The van der Waals surface area contributed by atoms with E-state index >= 15 is 0 Å². The maximum atomic E-state index is 13.1. The molecule has 1 aliphatic heterocycles. The molecule has 2 N–H and O–H groups in total. The van der Waals surface area contributed by atoms with E-state index in [1.807, 2.05) is 12.1 Å². The third-order valence-corrected chi connectivity index (χ3v) is 7.17. The minimum Gasteiger partial charge on any atom is -0.454 e. The SMILES string of the molecule is COC[C@@]1(N)[C@@H](c2ccc3c(c2)OCO3)[C@@H]1S(=O)(=O)c1ccccc1. The summed E-state index contributed by atoms with van der Waals surface area (Å²) in [5.74, 6) is 0.897. The molecule has 6 nitrogen and oxygen atoms in total. The molecule has 0 aromatic heterocycles. The first kappa shape index (κ1) is 16.4. The van der Waals surface area contributed by atoms with Crippen molar-refractivity contribution in [1.82, 2.24) is 0 Å². The molecule has 7 heteroatoms. The van der Waals surface area contributed by atoms with Crippen LogP contribution in [0.5, 0.6) is 11.5 Å². The highest BCUT2D eigenvalue weighted by atomic mass is 32.2. The second-order valence-corrected chi connectivity index (χ2v) is 8.48. The van der Waals surface area contributed by atoms with Gasteiger partial charge in [0.15, 0.2) is 21.3 Å². The van der Waals surface area contributed by atoms with Gasteiger partial charge in [-0.3, -0.25) is 0 Å². The van der Waals surface area contributed by atoms with Crippen LogP contribution in [0, 0.1) is 0 Å². The number of methoxy groups -OCH3 is 1. The Labute approximate surface area is 146 Å². The molecule has 2 aromatic carbocycles. The van der Waals surface area contributed by atoms with Gasteiger partial charge in [0.2, 0.25) is 6.79 Å². The number of fused-ring (bicyclic) bond motifs is 1. The monoisotopic (exact) mass is 361 g/mol. The minimum atomic E-state index is -3.58. The average molecular weight is 361 g/mol. The van der Waals surface area contributed by atoms with E-state index in [1.54, 1.807) is 36.4 Å². The van der Waals surface area contributed by atoms with Crippen LogP contribution in [0.3, 0.4) is 0 Å². The lowest BCUT2D eigenvalue weighted by Gasteiger charge is -2.11. The Morgan fingerprint density at radius 1 is 1.16 bits per heavy atom. The normalized spacial score (nSPS) is 27.3. The van der Waals surface area contributed by atoms with Gasteiger partial charge >= 0.3 is 0 Å². The summed E-state index contributed by atoms with van der Waals surface area (Å²) in [7, 11) is -2.06. The van der Waals surface area contributed by atoms with Gasteiger partial charge in [-0.05, 0) is 29.8 Å². The lowest BCUT2D eigenvalue weighted by molar-refractivity contribution is 0.171. The fourth-order valence-corrected chi connectivity index (χ4v) is 5.97. The van der Waals surface area contributed by atoms with Crippen LogP contribution in [0.2, 0.25) is 0 Å². The van der Waals surface area contributed by atoms with Gasteiger partial charge in [-0.25, -0.2) is 8.42 Å². The molecule has 2 aromatic rings. The second kappa shape index (κ2) is 5.72. The Morgan fingerprint density at radius 2 is 1.88 bits per heavy atom. The fraction of sp³-hybridized carbons (Fsp3) is 0.333. The fourth-order valence-electron chi connectivity index (χ4n) is 3.66. The van der Waals surface area contributed by atoms with Crippen molar-refractivity contribution < 1.29 is 22.6 Å². The zero-order chi connectivity index (χ0) is 17.7. The van der Waals surface area contributed by atoms with Crippen molar-refractivity contribution in [3.63, 3.8) is 0 Å². The van der Waals surface area contributed by atoms with E-state index in [0.717, 1.165) is 5.56 Å². The molecule has 1 aliphatic carbocycles. The number of sulfone groups is 1. The van der Waals surface area contributed by atoms with Crippen molar-refractivity contribution in [2.75, 3.05) is 20.5 Å². The Kier molecular flexibility index (Phi) is 3.75. The summed E-state index contributed by atoms with van der Waals surface area (Å²) in [6, 6.07) is 13.8. The van der Waals surface area contributed by atoms with E-state index in [1.165, 1.54) is 7.11 Å². The number of ether oxygens (including phenoxy) is 3. The number of rotatable bonds is 5. The summed E-state index contributed by atoms with van der Waals surface area (Å²) >= 11 is 0. The summed E-state index contributed by atoms with van der Waals surface area (Å²) in [6.07, 6.45) is 0. The van der Waals surface area contributed by atoms with Crippen LogP contribution in [0.25, 0.3) is 0 Å². The van der Waals surface area contributed by atoms with Gasteiger partial charge in [-0.15, -0.1) is 0 Å². The Hall–Kier alpha value is -2.09. The van der Waals surface area contributed by atoms with Crippen LogP contribution in [0.15, 0.2) is 53.4 Å². The van der Waals surface area contributed by atoms with Crippen LogP contribution in [-0.4, -0.2) is 39.7 Å². The molecule has 0 unspecified atom stereocenters. The molecule has 0 saturated heterocycles. The molecule has 132 valence electrons. The van der Waals surface area contributed by atoms with Crippen molar-refractivity contribution in [3.05, 3.63) is 54.1 Å². The Balaban J connectivity index is 1.74. The van der Waals surface area contributed by atoms with Crippen LogP contribution in [0.1, 0.15) is 11.5 Å². The van der Waals surface area contributed by atoms with E-state index in [-0.39, 0.29) is 24.2 Å². The van der Waals surface area contributed by atoms with Crippen molar-refractivity contribution in [1.29, 1.82) is 0 Å². The molecule has 0 bridgehead atoms. The molecule has 2 aliphatic rings. The van der Waals surface area contributed by atoms with Gasteiger partial charge < -0.3 is 19.9 Å². The summed E-state index contributed by atoms with van der Waals surface area (Å²) in [4.78, 5) is 0.272. The smallest absolute Gasteiger partial charge is 0.231 e. The molecule has 25 heavy (non-hydrogen) atoms. The highest BCUT2D eigenvalue weighted by molar-refractivity contribution is 7.92. The van der Waals surface area contributed by atoms with Crippen LogP contribution < -0.4 is 15.2 Å². The first-order valence-corrected chi connectivity index (χ1v) is 9.49. The number of hydrogen-bond donors (Lipinski definition) is 1. The second-order valence-electron chi connectivity index (χ2n) is 6.41. The molecule has 1 saturated carbocycles. The highest BCUT2D eigenvalue weighted by Gasteiger charge is 2.69. The van der Waals surface area contributed by atoms with Gasteiger partial charge in [0.1, 0.15) is 0 Å². The number of nitrogens with two attached hydrogens (primary N) is 1. The molecule has 0 radical (unpaired) electrons. The molecule has 0 amide bonds. The molecular formula is C18H19NO5S. The predicted octanol–water partition coefficient (Wildman–Crippen LogP) is 1.70. The van der Waals surface area contributed by atoms with E-state index in [2.05, 4.69) is 0 Å². The molecule has 1 fully saturated rings. The lowest BCUT2D eigenvalue weighted by atomic mass is 10.1. The third-order valence-electron chi connectivity index (χ3n) is 4.86. The zero-order valence-corrected chi connectivity index (χ0v) is 14.5. The standard InChI is InChI=1S/C18H19NO5S/c1-22-10-18(19)16(12-7-8-14-15(9-12)24-11-23-14)17(18)25(20,21)13-5-3-2-4-6-13/h2-9,16-17H,10-11,19H2,1H3/t16-,17-,18+/m0/s1. The molecule has 3 atom stereocenters. The summed E-state index contributed by atoms with van der Waals surface area (Å²) in [5, 5.41) is -0.747. The summed E-state index contributed by atoms with van der Waals surface area (Å²) in [6.45, 7) is 0.323. The van der Waals surface area contributed by atoms with Crippen molar-refractivity contribution >= 4 is 9.84 Å². The minimum absolute atomic E-state index is 0.156. The highest BCUT2D eigenvalue weighted by Crippen LogP contribution is 2.56. The molecule has 0 spiro atoms. The van der Waals surface area contributed by atoms with Crippen molar-refractivity contribution in [2.45, 2.75) is 21.6 Å². The number of hydrogen-bond acceptors (Lipinski definition) is 6. The van der Waals surface area contributed by atoms with Crippen LogP contribution in [0.4, 0.5) is 0 Å². The molecule has 4 rings (SSSR count). The quantitative estimate of drug-likeness (QED) is 0.872. The predicted molar refractivity (Wildman–Crippen MR) is 91.5 cm³/mol. The van der Waals surface area contributed by atoms with Gasteiger partial charge in [0.25, 0.3) is 0 Å². The van der Waals surface area contributed by atoms with Gasteiger partial charge in [-0.2, -0.15) is 0 Å². The van der Waals surface area contributed by atoms with Gasteiger partial charge in [0.05, 0.1) is 22.3 Å². The first-order chi connectivity index (χ1) is 12.0. The molecule has 1 heterocycles. The van der Waals surface area contributed by atoms with Gasteiger partial charge in [0, 0.05) is 13.0 Å². The average Bonchev–Trinajstić information content (AvgIpc) is 2.99. The van der Waals surface area contributed by atoms with E-state index in [9.17, 15) is 8.42 Å². The van der Waals surface area contributed by atoms with Crippen LogP contribution >= 0.6 is 0 Å². The van der Waals surface area contributed by atoms with E-state index in [4.69, 9.17) is 19.9 Å². The Bertz CT molecular complexity index is 899. The van der Waals surface area contributed by atoms with E-state index in [0.29, 0.717) is 11.5 Å². The maximum absolute atomic E-state index is 13.1. The molecular weight excluding hydrogens is 342 g/mol.